The molecule has 1 atom stereocenters. The number of carboxylic acids is 1. The number of aliphatic carboxylic acids is 1. The van der Waals surface area contributed by atoms with Gasteiger partial charge in [-0.05, 0) is 27.7 Å². The van der Waals surface area contributed by atoms with Gasteiger partial charge in [-0.1, -0.05) is 0 Å². The first-order valence-electron chi connectivity index (χ1n) is 3.33. The molecule has 2 N–H and O–H groups in total. The van der Waals surface area contributed by atoms with Gasteiger partial charge in [-0.15, -0.1) is 0 Å². The third-order valence-corrected chi connectivity index (χ3v) is 1.02. The fraction of sp³-hybridized carbons (Fsp3) is 0.857. The van der Waals surface area contributed by atoms with Gasteiger partial charge < -0.3 is 5.11 Å². The van der Waals surface area contributed by atoms with Crippen molar-refractivity contribution in [3.05, 3.63) is 0 Å². The van der Waals surface area contributed by atoms with E-state index in [9.17, 15) is 4.79 Å². The Morgan fingerprint density at radius 1 is 1.50 bits per heavy atom. The van der Waals surface area contributed by atoms with Crippen LogP contribution in [0.2, 0.25) is 0 Å². The van der Waals surface area contributed by atoms with E-state index < -0.39 is 12.0 Å². The molecule has 0 amide bonds. The Bertz CT molecular complexity index is 126. The van der Waals surface area contributed by atoms with Crippen LogP contribution in [0.1, 0.15) is 27.7 Å². The topological polar surface area (TPSA) is 49.3 Å². The molecule has 0 aromatic heterocycles. The molecule has 10 heavy (non-hydrogen) atoms. The van der Waals surface area contributed by atoms with E-state index in [4.69, 9.17) is 5.11 Å². The summed E-state index contributed by atoms with van der Waals surface area (Å²) in [5.41, 5.74) is -0.127. The maximum absolute atomic E-state index is 10.3. The van der Waals surface area contributed by atoms with E-state index in [1.807, 2.05) is 20.8 Å². The molecule has 0 rings (SSSR count). The molecule has 0 saturated heterocycles. The van der Waals surface area contributed by atoms with Gasteiger partial charge >= 0.3 is 5.97 Å². The monoisotopic (exact) mass is 145 g/mol. The fourth-order valence-corrected chi connectivity index (χ4v) is 0.711. The normalized spacial score (nSPS) is 14.8. The van der Waals surface area contributed by atoms with Crippen LogP contribution in [-0.2, 0) is 4.79 Å². The van der Waals surface area contributed by atoms with E-state index in [0.717, 1.165) is 0 Å². The summed E-state index contributed by atoms with van der Waals surface area (Å²) in [4.78, 5) is 10.3. The fourth-order valence-electron chi connectivity index (χ4n) is 0.711. The summed E-state index contributed by atoms with van der Waals surface area (Å²) in [5, 5.41) is 11.4. The predicted octanol–water partition coefficient (Wildman–Crippen LogP) is 0.848. The van der Waals surface area contributed by atoms with Crippen molar-refractivity contribution in [3.8, 4) is 0 Å². The second-order valence-corrected chi connectivity index (χ2v) is 3.45. The second-order valence-electron chi connectivity index (χ2n) is 3.45. The van der Waals surface area contributed by atoms with Gasteiger partial charge in [0.25, 0.3) is 0 Å². The van der Waals surface area contributed by atoms with Crippen LogP contribution < -0.4 is 5.32 Å². The smallest absolute Gasteiger partial charge is 0.320 e. The average Bonchev–Trinajstić information content (AvgIpc) is 1.60. The lowest BCUT2D eigenvalue weighted by Crippen LogP contribution is -2.45. The third kappa shape index (κ3) is 4.32. The van der Waals surface area contributed by atoms with E-state index in [2.05, 4.69) is 5.32 Å². The van der Waals surface area contributed by atoms with Crippen LogP contribution in [0.25, 0.3) is 0 Å². The summed E-state index contributed by atoms with van der Waals surface area (Å²) < 4.78 is 0. The molecule has 0 aromatic carbocycles. The molecule has 0 unspecified atom stereocenters. The summed E-state index contributed by atoms with van der Waals surface area (Å²) in [5.74, 6) is -0.810. The van der Waals surface area contributed by atoms with Crippen LogP contribution in [0.15, 0.2) is 0 Å². The largest absolute Gasteiger partial charge is 0.480 e. The number of rotatable bonds is 2. The Morgan fingerprint density at radius 3 is 2.00 bits per heavy atom. The summed E-state index contributed by atoms with van der Waals surface area (Å²) in [6.45, 7) is 7.44. The van der Waals surface area contributed by atoms with Crippen molar-refractivity contribution >= 4 is 5.97 Å². The van der Waals surface area contributed by atoms with Gasteiger partial charge in [-0.3, -0.25) is 10.1 Å². The molecule has 0 aromatic rings. The number of carbonyl (C=O) groups is 1. The molecule has 0 radical (unpaired) electrons. The maximum atomic E-state index is 10.3. The molecule has 0 aliphatic heterocycles. The van der Waals surface area contributed by atoms with E-state index in [0.29, 0.717) is 0 Å². The minimum Gasteiger partial charge on any atom is -0.480 e. The third-order valence-electron chi connectivity index (χ3n) is 1.02. The second kappa shape index (κ2) is 3.01. The zero-order valence-electron chi connectivity index (χ0n) is 6.93. The highest BCUT2D eigenvalue weighted by Gasteiger charge is 2.17. The molecule has 0 aliphatic rings. The lowest BCUT2D eigenvalue weighted by molar-refractivity contribution is -0.139. The van der Waals surface area contributed by atoms with Gasteiger partial charge in [0, 0.05) is 5.54 Å². The van der Waals surface area contributed by atoms with Crippen molar-refractivity contribution in [1.29, 1.82) is 0 Å². The first kappa shape index (κ1) is 9.43. The molecule has 0 spiro atoms. The molecule has 3 heteroatoms. The van der Waals surface area contributed by atoms with Crippen molar-refractivity contribution in [3.63, 3.8) is 0 Å². The van der Waals surface area contributed by atoms with E-state index >= 15 is 0 Å². The average molecular weight is 145 g/mol. The van der Waals surface area contributed by atoms with Crippen molar-refractivity contribution in [2.75, 3.05) is 0 Å². The van der Waals surface area contributed by atoms with Crippen molar-refractivity contribution in [1.82, 2.24) is 5.32 Å². The van der Waals surface area contributed by atoms with Crippen LogP contribution in [-0.4, -0.2) is 22.7 Å². The summed E-state index contributed by atoms with van der Waals surface area (Å²) in [6, 6.07) is -0.472. The molecule has 0 aliphatic carbocycles. The molecular weight excluding hydrogens is 130 g/mol. The predicted molar refractivity (Wildman–Crippen MR) is 40.0 cm³/mol. The first-order valence-corrected chi connectivity index (χ1v) is 3.33. The van der Waals surface area contributed by atoms with E-state index in [1.165, 1.54) is 0 Å². The quantitative estimate of drug-likeness (QED) is 0.605. The van der Waals surface area contributed by atoms with Gasteiger partial charge in [-0.2, -0.15) is 0 Å². The SMILES string of the molecule is C[C@@H](NC(C)(C)C)C(=O)O. The van der Waals surface area contributed by atoms with Crippen LogP contribution in [0.4, 0.5) is 0 Å². The van der Waals surface area contributed by atoms with Gasteiger partial charge in [0.05, 0.1) is 0 Å². The first-order chi connectivity index (χ1) is 4.33. The van der Waals surface area contributed by atoms with E-state index in [1.54, 1.807) is 6.92 Å². The highest BCUT2D eigenvalue weighted by Crippen LogP contribution is 2.00. The Labute approximate surface area is 61.4 Å². The van der Waals surface area contributed by atoms with Crippen LogP contribution in [0, 0.1) is 0 Å². The number of nitrogens with one attached hydrogen (secondary N) is 1. The maximum Gasteiger partial charge on any atom is 0.320 e. The minimum absolute atomic E-state index is 0.127. The standard InChI is InChI=1S/C7H15NO2/c1-5(6(9)10)8-7(2,3)4/h5,8H,1-4H3,(H,9,10)/t5-/m1/s1. The Balaban J connectivity index is 3.80. The lowest BCUT2D eigenvalue weighted by Gasteiger charge is -2.23. The Kier molecular flexibility index (Phi) is 2.84. The molecule has 60 valence electrons. The summed E-state index contributed by atoms with van der Waals surface area (Å²) in [6.07, 6.45) is 0. The summed E-state index contributed by atoms with van der Waals surface area (Å²) in [7, 11) is 0. The molecule has 0 heterocycles. The van der Waals surface area contributed by atoms with Gasteiger partial charge in [0.15, 0.2) is 0 Å². The summed E-state index contributed by atoms with van der Waals surface area (Å²) >= 11 is 0. The number of hydrogen-bond donors (Lipinski definition) is 2. The highest BCUT2D eigenvalue weighted by molar-refractivity contribution is 5.72. The lowest BCUT2D eigenvalue weighted by atomic mass is 10.1. The highest BCUT2D eigenvalue weighted by atomic mass is 16.4. The van der Waals surface area contributed by atoms with Gasteiger partial charge in [0.1, 0.15) is 6.04 Å². The minimum atomic E-state index is -0.810. The zero-order valence-corrected chi connectivity index (χ0v) is 6.93. The number of carboxylic acid groups (broad SMARTS) is 1. The van der Waals surface area contributed by atoms with Gasteiger partial charge in [0.2, 0.25) is 0 Å². The van der Waals surface area contributed by atoms with Crippen molar-refractivity contribution < 1.29 is 9.90 Å². The van der Waals surface area contributed by atoms with Crippen molar-refractivity contribution in [2.24, 2.45) is 0 Å². The number of hydrogen-bond acceptors (Lipinski definition) is 2. The zero-order chi connectivity index (χ0) is 8.36. The van der Waals surface area contributed by atoms with Gasteiger partial charge in [-0.25, -0.2) is 0 Å². The molecule has 0 saturated carbocycles. The Hall–Kier alpha value is -0.570. The van der Waals surface area contributed by atoms with Crippen LogP contribution in [0.5, 0.6) is 0 Å². The van der Waals surface area contributed by atoms with Crippen molar-refractivity contribution in [2.45, 2.75) is 39.3 Å². The molecule has 3 nitrogen and oxygen atoms in total. The van der Waals surface area contributed by atoms with E-state index in [-0.39, 0.29) is 5.54 Å². The molecule has 0 bridgehead atoms. The Morgan fingerprint density at radius 2 is 1.90 bits per heavy atom. The molecule has 0 fully saturated rings. The van der Waals surface area contributed by atoms with Crippen LogP contribution >= 0.6 is 0 Å². The van der Waals surface area contributed by atoms with Crippen LogP contribution in [0.3, 0.4) is 0 Å². The molecular formula is C7H15NO2.